The monoisotopic (exact) mass is 414 g/mol. The molecule has 0 atom stereocenters. The molecular weight excluding hydrogens is 407 g/mol. The van der Waals surface area contributed by atoms with E-state index in [4.69, 9.17) is 12.2 Å². The number of fused-ring (bicyclic) bond motifs is 1. The first kappa shape index (κ1) is 14.0. The van der Waals surface area contributed by atoms with Crippen molar-refractivity contribution in [1.82, 2.24) is 9.55 Å². The predicted molar refractivity (Wildman–Crippen MR) is 88.0 cm³/mol. The molecule has 6 heteroatoms. The molecule has 1 heterocycles. The van der Waals surface area contributed by atoms with Crippen molar-refractivity contribution >= 4 is 55.1 Å². The minimum atomic E-state index is -0.299. The number of benzene rings is 2. The molecule has 0 amide bonds. The number of aromatic amines is 1. The topological polar surface area (TPSA) is 20.7 Å². The van der Waals surface area contributed by atoms with Crippen LogP contribution in [-0.4, -0.2) is 9.55 Å². The summed E-state index contributed by atoms with van der Waals surface area (Å²) in [6, 6.07) is 11.1. The van der Waals surface area contributed by atoms with Gasteiger partial charge in [-0.1, -0.05) is 34.1 Å². The van der Waals surface area contributed by atoms with Gasteiger partial charge in [0.05, 0.1) is 22.1 Å². The minimum Gasteiger partial charge on any atom is -0.331 e. The van der Waals surface area contributed by atoms with E-state index in [0.29, 0.717) is 15.8 Å². The molecule has 102 valence electrons. The average Bonchev–Trinajstić information content (AvgIpc) is 2.69. The number of hydrogen-bond acceptors (Lipinski definition) is 1. The third-order valence-electron chi connectivity index (χ3n) is 3.10. The van der Waals surface area contributed by atoms with E-state index in [1.807, 2.05) is 28.8 Å². The lowest BCUT2D eigenvalue weighted by molar-refractivity contribution is 0.622. The lowest BCUT2D eigenvalue weighted by Gasteiger charge is -2.07. The molecule has 0 unspecified atom stereocenters. The van der Waals surface area contributed by atoms with Crippen LogP contribution in [0.3, 0.4) is 0 Å². The molecule has 0 bridgehead atoms. The van der Waals surface area contributed by atoms with Crippen LogP contribution in [0.2, 0.25) is 0 Å². The summed E-state index contributed by atoms with van der Waals surface area (Å²) < 4.78 is 17.6. The molecule has 0 saturated heterocycles. The molecule has 1 N–H and O–H groups in total. The molecule has 2 nitrogen and oxygen atoms in total. The molecule has 0 spiro atoms. The molecule has 3 aromatic rings. The highest BCUT2D eigenvalue weighted by Crippen LogP contribution is 2.25. The van der Waals surface area contributed by atoms with Crippen LogP contribution in [0.1, 0.15) is 5.56 Å². The fraction of sp³-hybridized carbons (Fsp3) is 0.0714. The fourth-order valence-corrected chi connectivity index (χ4v) is 3.13. The molecule has 0 fully saturated rings. The van der Waals surface area contributed by atoms with Crippen molar-refractivity contribution in [3.8, 4) is 0 Å². The Labute approximate surface area is 136 Å². The lowest BCUT2D eigenvalue weighted by atomic mass is 10.2. The van der Waals surface area contributed by atoms with Crippen molar-refractivity contribution in [2.45, 2.75) is 6.54 Å². The van der Waals surface area contributed by atoms with Gasteiger partial charge >= 0.3 is 0 Å². The maximum absolute atomic E-state index is 13.7. The van der Waals surface area contributed by atoms with Gasteiger partial charge in [-0.2, -0.15) is 0 Å². The molecule has 2 aromatic carbocycles. The number of imidazole rings is 1. The smallest absolute Gasteiger partial charge is 0.178 e. The number of nitrogens with one attached hydrogen (secondary N) is 1. The second-order valence-corrected chi connectivity index (χ2v) is 6.49. The quantitative estimate of drug-likeness (QED) is 0.555. The highest BCUT2D eigenvalue weighted by Gasteiger charge is 2.10. The van der Waals surface area contributed by atoms with Crippen molar-refractivity contribution in [3.63, 3.8) is 0 Å². The summed E-state index contributed by atoms with van der Waals surface area (Å²) in [5.74, 6) is -0.299. The van der Waals surface area contributed by atoms with Crippen LogP contribution >= 0.6 is 44.1 Å². The Morgan fingerprint density at radius 1 is 1.15 bits per heavy atom. The SMILES string of the molecule is Fc1cc2c(cc1Br)[nH]c(=S)n2Cc1ccccc1Br. The first-order chi connectivity index (χ1) is 9.56. The fourth-order valence-electron chi connectivity index (χ4n) is 2.11. The zero-order valence-corrected chi connectivity index (χ0v) is 14.1. The van der Waals surface area contributed by atoms with Gasteiger partial charge in [-0.05, 0) is 45.8 Å². The molecular formula is C14H9Br2FN2S. The van der Waals surface area contributed by atoms with E-state index in [2.05, 4.69) is 36.8 Å². The molecule has 0 saturated carbocycles. The van der Waals surface area contributed by atoms with Crippen molar-refractivity contribution in [3.05, 3.63) is 61.5 Å². The van der Waals surface area contributed by atoms with Gasteiger partial charge in [0.1, 0.15) is 5.82 Å². The van der Waals surface area contributed by atoms with E-state index < -0.39 is 0 Å². The van der Waals surface area contributed by atoms with Crippen molar-refractivity contribution < 1.29 is 4.39 Å². The van der Waals surface area contributed by atoms with Crippen molar-refractivity contribution in [2.24, 2.45) is 0 Å². The largest absolute Gasteiger partial charge is 0.331 e. The molecule has 0 aliphatic carbocycles. The highest BCUT2D eigenvalue weighted by molar-refractivity contribution is 9.10. The van der Waals surface area contributed by atoms with Crippen molar-refractivity contribution in [1.29, 1.82) is 0 Å². The first-order valence-corrected chi connectivity index (χ1v) is 7.86. The van der Waals surface area contributed by atoms with E-state index in [0.717, 1.165) is 21.1 Å². The summed E-state index contributed by atoms with van der Waals surface area (Å²) in [5.41, 5.74) is 2.66. The number of nitrogens with zero attached hydrogens (tertiary/aromatic N) is 1. The molecule has 0 radical (unpaired) electrons. The summed E-state index contributed by atoms with van der Waals surface area (Å²) in [7, 11) is 0. The third kappa shape index (κ3) is 2.47. The van der Waals surface area contributed by atoms with Crippen LogP contribution in [-0.2, 0) is 6.54 Å². The van der Waals surface area contributed by atoms with Gasteiger partial charge in [0.15, 0.2) is 4.77 Å². The van der Waals surface area contributed by atoms with Gasteiger partial charge in [0.2, 0.25) is 0 Å². The van der Waals surface area contributed by atoms with Crippen LogP contribution in [0.4, 0.5) is 4.39 Å². The predicted octanol–water partition coefficient (Wildman–Crippen LogP) is 5.41. The standard InChI is InChI=1S/C14H9Br2FN2S/c15-9-4-2-1-3-8(9)7-19-13-6-11(17)10(16)5-12(13)18-14(19)20/h1-6H,7H2,(H,18,20). The van der Waals surface area contributed by atoms with Crippen LogP contribution < -0.4 is 0 Å². The van der Waals surface area contributed by atoms with E-state index in [1.165, 1.54) is 6.07 Å². The van der Waals surface area contributed by atoms with Crippen LogP contribution in [0.5, 0.6) is 0 Å². The summed E-state index contributed by atoms with van der Waals surface area (Å²) in [6.45, 7) is 0.585. The Morgan fingerprint density at radius 2 is 1.90 bits per heavy atom. The Bertz CT molecular complexity index is 854. The maximum atomic E-state index is 13.7. The second-order valence-electron chi connectivity index (χ2n) is 4.39. The van der Waals surface area contributed by atoms with Gasteiger partial charge in [0.25, 0.3) is 0 Å². The normalized spacial score (nSPS) is 11.2. The average molecular weight is 416 g/mol. The van der Waals surface area contributed by atoms with Crippen LogP contribution in [0.15, 0.2) is 45.3 Å². The molecule has 1 aromatic heterocycles. The van der Waals surface area contributed by atoms with Gasteiger partial charge in [-0.3, -0.25) is 0 Å². The Morgan fingerprint density at radius 3 is 2.65 bits per heavy atom. The summed E-state index contributed by atoms with van der Waals surface area (Å²) >= 11 is 12.0. The Hall–Kier alpha value is -0.980. The summed E-state index contributed by atoms with van der Waals surface area (Å²) in [5, 5.41) is 0. The highest BCUT2D eigenvalue weighted by atomic mass is 79.9. The summed E-state index contributed by atoms with van der Waals surface area (Å²) in [6.07, 6.45) is 0. The number of H-pyrrole nitrogens is 1. The van der Waals surface area contributed by atoms with E-state index in [9.17, 15) is 4.39 Å². The Kier molecular flexibility index (Phi) is 3.79. The minimum absolute atomic E-state index is 0.299. The zero-order valence-electron chi connectivity index (χ0n) is 10.2. The number of halogens is 3. The van der Waals surface area contributed by atoms with Gasteiger partial charge in [-0.15, -0.1) is 0 Å². The van der Waals surface area contributed by atoms with E-state index in [1.54, 1.807) is 6.07 Å². The van der Waals surface area contributed by atoms with Crippen LogP contribution in [0.25, 0.3) is 11.0 Å². The third-order valence-corrected chi connectivity index (χ3v) is 4.81. The van der Waals surface area contributed by atoms with E-state index in [-0.39, 0.29) is 5.82 Å². The van der Waals surface area contributed by atoms with E-state index >= 15 is 0 Å². The second kappa shape index (κ2) is 5.42. The summed E-state index contributed by atoms with van der Waals surface area (Å²) in [4.78, 5) is 3.10. The van der Waals surface area contributed by atoms with Crippen molar-refractivity contribution in [2.75, 3.05) is 0 Å². The van der Waals surface area contributed by atoms with Gasteiger partial charge < -0.3 is 9.55 Å². The molecule has 0 aliphatic rings. The Balaban J connectivity index is 2.17. The lowest BCUT2D eigenvalue weighted by Crippen LogP contribution is -2.00. The maximum Gasteiger partial charge on any atom is 0.178 e. The molecule has 3 rings (SSSR count). The molecule has 20 heavy (non-hydrogen) atoms. The van der Waals surface area contributed by atoms with Gasteiger partial charge in [0, 0.05) is 10.5 Å². The number of rotatable bonds is 2. The first-order valence-electron chi connectivity index (χ1n) is 5.87. The molecule has 0 aliphatic heterocycles. The van der Waals surface area contributed by atoms with Gasteiger partial charge in [-0.25, -0.2) is 4.39 Å². The number of aromatic nitrogens is 2. The number of hydrogen-bond donors (Lipinski definition) is 1. The zero-order chi connectivity index (χ0) is 14.3. The van der Waals surface area contributed by atoms with Crippen LogP contribution in [0, 0.1) is 10.6 Å².